The van der Waals surface area contributed by atoms with Gasteiger partial charge in [0, 0.05) is 25.7 Å². The molecular weight excluding hydrogens is 1260 g/mol. The molecule has 0 aromatic rings. The molecular formula is C77H150O17P2. The Morgan fingerprint density at radius 3 is 0.708 bits per heavy atom. The molecule has 5 atom stereocenters. The van der Waals surface area contributed by atoms with Crippen molar-refractivity contribution in [2.24, 2.45) is 17.8 Å². The lowest BCUT2D eigenvalue weighted by Crippen LogP contribution is -2.30. The first kappa shape index (κ1) is 94.1. The number of hydrogen-bond acceptors (Lipinski definition) is 15. The van der Waals surface area contributed by atoms with Crippen molar-refractivity contribution in [3.8, 4) is 0 Å². The number of carbonyl (C=O) groups excluding carboxylic acids is 4. The van der Waals surface area contributed by atoms with Gasteiger partial charge in [-0.2, -0.15) is 0 Å². The molecule has 0 aromatic heterocycles. The van der Waals surface area contributed by atoms with Crippen LogP contribution >= 0.6 is 15.6 Å². The molecule has 0 aliphatic carbocycles. The van der Waals surface area contributed by atoms with Gasteiger partial charge >= 0.3 is 39.5 Å². The summed E-state index contributed by atoms with van der Waals surface area (Å²) in [5.74, 6) is 0.118. The second-order valence-electron chi connectivity index (χ2n) is 29.2. The van der Waals surface area contributed by atoms with Gasteiger partial charge in [0.2, 0.25) is 0 Å². The normalized spacial score (nSPS) is 14.1. The van der Waals surface area contributed by atoms with E-state index in [2.05, 4.69) is 48.5 Å². The second-order valence-corrected chi connectivity index (χ2v) is 32.1. The maximum absolute atomic E-state index is 13.1. The van der Waals surface area contributed by atoms with E-state index in [1.54, 1.807) is 0 Å². The van der Waals surface area contributed by atoms with Gasteiger partial charge in [-0.05, 0) is 43.4 Å². The zero-order valence-electron chi connectivity index (χ0n) is 62.8. The largest absolute Gasteiger partial charge is 0.472 e. The quantitative estimate of drug-likeness (QED) is 0.0222. The fourth-order valence-electron chi connectivity index (χ4n) is 11.8. The number of carbonyl (C=O) groups is 4. The lowest BCUT2D eigenvalue weighted by atomic mass is 10.0. The van der Waals surface area contributed by atoms with Crippen LogP contribution in [0.5, 0.6) is 0 Å². The molecule has 0 spiro atoms. The van der Waals surface area contributed by atoms with Crippen LogP contribution in [0.2, 0.25) is 0 Å². The Balaban J connectivity index is 5.24. The molecule has 0 saturated heterocycles. The number of esters is 4. The average Bonchev–Trinajstić information content (AvgIpc) is 1.31. The molecule has 0 radical (unpaired) electrons. The molecule has 0 rings (SSSR count). The molecule has 96 heavy (non-hydrogen) atoms. The third-order valence-corrected chi connectivity index (χ3v) is 19.8. The first-order valence-corrected chi connectivity index (χ1v) is 42.8. The molecule has 570 valence electrons. The van der Waals surface area contributed by atoms with E-state index in [-0.39, 0.29) is 25.7 Å². The van der Waals surface area contributed by atoms with E-state index in [4.69, 9.17) is 37.0 Å². The highest BCUT2D eigenvalue weighted by atomic mass is 31.2. The summed E-state index contributed by atoms with van der Waals surface area (Å²) >= 11 is 0. The van der Waals surface area contributed by atoms with Gasteiger partial charge in [0.1, 0.15) is 19.3 Å². The summed E-state index contributed by atoms with van der Waals surface area (Å²) in [4.78, 5) is 72.8. The number of phosphoric ester groups is 2. The van der Waals surface area contributed by atoms with Gasteiger partial charge in [-0.25, -0.2) is 9.13 Å². The van der Waals surface area contributed by atoms with Crippen LogP contribution in [0.4, 0.5) is 0 Å². The standard InChI is InChI=1S/C77H150O17P2/c1-8-9-10-11-12-13-14-15-16-17-18-21-27-32-37-46-53-60-76(81)93-72(64-87-74(79)58-51-44-36-31-26-22-19-20-24-29-34-41-48-55-68(2)3)66-91-95(83,84)89-62-71(78)63-90-96(85,86)92-67-73(65-88-75(80)59-52-45-40-39-43-50-57-70(6)7)94-77(82)61-54-47-38-33-28-23-25-30-35-42-49-56-69(4)5/h68-73,78H,8-67H2,1-7H3,(H,83,84)(H,85,86)/t71-,72-,73-/m1/s1. The summed E-state index contributed by atoms with van der Waals surface area (Å²) < 4.78 is 68.5. The summed E-state index contributed by atoms with van der Waals surface area (Å²) in [5.41, 5.74) is 0. The molecule has 0 bridgehead atoms. The summed E-state index contributed by atoms with van der Waals surface area (Å²) in [7, 11) is -9.91. The van der Waals surface area contributed by atoms with Crippen LogP contribution < -0.4 is 0 Å². The van der Waals surface area contributed by atoms with E-state index < -0.39 is 97.5 Å². The van der Waals surface area contributed by atoms with E-state index in [9.17, 15) is 43.2 Å². The zero-order valence-corrected chi connectivity index (χ0v) is 64.6. The van der Waals surface area contributed by atoms with Crippen LogP contribution in [0, 0.1) is 17.8 Å². The highest BCUT2D eigenvalue weighted by molar-refractivity contribution is 7.47. The predicted octanol–water partition coefficient (Wildman–Crippen LogP) is 22.6. The lowest BCUT2D eigenvalue weighted by Gasteiger charge is -2.21. The van der Waals surface area contributed by atoms with Crippen molar-refractivity contribution in [1.29, 1.82) is 0 Å². The van der Waals surface area contributed by atoms with E-state index in [1.807, 2.05) is 0 Å². The van der Waals surface area contributed by atoms with Crippen molar-refractivity contribution in [2.45, 2.75) is 414 Å². The number of rotatable bonds is 75. The molecule has 17 nitrogen and oxygen atoms in total. The highest BCUT2D eigenvalue weighted by Crippen LogP contribution is 2.45. The minimum atomic E-state index is -4.96. The van der Waals surface area contributed by atoms with Gasteiger partial charge in [0.15, 0.2) is 12.2 Å². The summed E-state index contributed by atoms with van der Waals surface area (Å²) in [6.07, 6.45) is 54.2. The number of aliphatic hydroxyl groups excluding tert-OH is 1. The molecule has 2 unspecified atom stereocenters. The van der Waals surface area contributed by atoms with Crippen LogP contribution in [-0.2, 0) is 65.4 Å². The predicted molar refractivity (Wildman–Crippen MR) is 391 cm³/mol. The third-order valence-electron chi connectivity index (χ3n) is 17.9. The topological polar surface area (TPSA) is 237 Å². The Morgan fingerprint density at radius 2 is 0.479 bits per heavy atom. The molecule has 19 heteroatoms. The van der Waals surface area contributed by atoms with E-state index in [0.29, 0.717) is 31.6 Å². The van der Waals surface area contributed by atoms with Gasteiger partial charge in [0.05, 0.1) is 26.4 Å². The Kier molecular flexibility index (Phi) is 66.2. The van der Waals surface area contributed by atoms with Crippen molar-refractivity contribution in [3.05, 3.63) is 0 Å². The van der Waals surface area contributed by atoms with Crippen LogP contribution in [0.3, 0.4) is 0 Å². The minimum absolute atomic E-state index is 0.105. The number of aliphatic hydroxyl groups is 1. The SMILES string of the molecule is CCCCCCCCCCCCCCCCCCCC(=O)O[C@H](COC(=O)CCCCCCCCCCCCCCCC(C)C)COP(=O)(O)OC[C@@H](O)COP(=O)(O)OC[C@@H](COC(=O)CCCCCCCCC(C)C)OC(=O)CCCCCCCCCCCCCC(C)C. The van der Waals surface area contributed by atoms with Crippen molar-refractivity contribution in [1.82, 2.24) is 0 Å². The Hall–Kier alpha value is -1.94. The molecule has 0 aliphatic rings. The van der Waals surface area contributed by atoms with Crippen LogP contribution in [0.25, 0.3) is 0 Å². The number of phosphoric acid groups is 2. The van der Waals surface area contributed by atoms with E-state index >= 15 is 0 Å². The molecule has 0 heterocycles. The molecule has 0 amide bonds. The van der Waals surface area contributed by atoms with Gasteiger partial charge < -0.3 is 33.8 Å². The number of hydrogen-bond donors (Lipinski definition) is 3. The summed E-state index contributed by atoms with van der Waals surface area (Å²) in [6, 6.07) is 0. The third kappa shape index (κ3) is 70.5. The second kappa shape index (κ2) is 67.5. The van der Waals surface area contributed by atoms with E-state index in [1.165, 1.54) is 199 Å². The van der Waals surface area contributed by atoms with Gasteiger partial charge in [-0.1, -0.05) is 344 Å². The monoisotopic (exact) mass is 1410 g/mol. The van der Waals surface area contributed by atoms with Crippen LogP contribution in [0.1, 0.15) is 395 Å². The zero-order chi connectivity index (χ0) is 70.9. The highest BCUT2D eigenvalue weighted by Gasteiger charge is 2.30. The molecule has 0 saturated carbocycles. The molecule has 0 fully saturated rings. The Morgan fingerprint density at radius 1 is 0.281 bits per heavy atom. The summed E-state index contributed by atoms with van der Waals surface area (Å²) in [5, 5.41) is 10.6. The Labute approximate surface area is 588 Å². The number of ether oxygens (including phenoxy) is 4. The fraction of sp³-hybridized carbons (Fsp3) is 0.948. The van der Waals surface area contributed by atoms with Crippen molar-refractivity contribution < 1.29 is 80.2 Å². The van der Waals surface area contributed by atoms with Gasteiger partial charge in [0.25, 0.3) is 0 Å². The van der Waals surface area contributed by atoms with E-state index in [0.717, 1.165) is 108 Å². The summed E-state index contributed by atoms with van der Waals surface area (Å²) in [6.45, 7) is 11.8. The average molecular weight is 1410 g/mol. The lowest BCUT2D eigenvalue weighted by molar-refractivity contribution is -0.161. The van der Waals surface area contributed by atoms with Gasteiger partial charge in [-0.15, -0.1) is 0 Å². The fourth-order valence-corrected chi connectivity index (χ4v) is 13.4. The van der Waals surface area contributed by atoms with Crippen LogP contribution in [0.15, 0.2) is 0 Å². The smallest absolute Gasteiger partial charge is 0.462 e. The first-order valence-electron chi connectivity index (χ1n) is 39.8. The first-order chi connectivity index (χ1) is 46.2. The van der Waals surface area contributed by atoms with Crippen molar-refractivity contribution in [3.63, 3.8) is 0 Å². The molecule has 0 aliphatic heterocycles. The van der Waals surface area contributed by atoms with Crippen LogP contribution in [-0.4, -0.2) is 96.7 Å². The molecule has 3 N–H and O–H groups in total. The van der Waals surface area contributed by atoms with Crippen molar-refractivity contribution >= 4 is 39.5 Å². The van der Waals surface area contributed by atoms with Gasteiger partial charge in [-0.3, -0.25) is 37.3 Å². The molecule has 0 aromatic carbocycles. The maximum atomic E-state index is 13.1. The maximum Gasteiger partial charge on any atom is 0.472 e. The van der Waals surface area contributed by atoms with Crippen molar-refractivity contribution in [2.75, 3.05) is 39.6 Å². The number of unbranched alkanes of at least 4 members (excludes halogenated alkanes) is 43. The Bertz CT molecular complexity index is 1870. The minimum Gasteiger partial charge on any atom is -0.462 e.